The molecular weight excluding hydrogens is 297 g/mol. The van der Waals surface area contributed by atoms with Crippen LogP contribution >= 0.6 is 0 Å². The Hall–Kier alpha value is -2.82. The minimum Gasteiger partial charge on any atom is -0.497 e. The first-order chi connectivity index (χ1) is 11.1. The van der Waals surface area contributed by atoms with Gasteiger partial charge in [-0.25, -0.2) is 4.39 Å². The number of carbonyl (C=O) groups is 1. The molecule has 1 N–H and O–H groups in total. The SMILES string of the molecule is COc1cccc(CNC(=O)/C=C/c2ccc(OC)c(F)c2)c1. The van der Waals surface area contributed by atoms with Crippen molar-refractivity contribution >= 4 is 12.0 Å². The summed E-state index contributed by atoms with van der Waals surface area (Å²) in [5, 5.41) is 2.76. The second kappa shape index (κ2) is 7.98. The Kier molecular flexibility index (Phi) is 5.74. The Morgan fingerprint density at radius 2 is 2.00 bits per heavy atom. The number of rotatable bonds is 6. The third kappa shape index (κ3) is 4.85. The maximum absolute atomic E-state index is 13.5. The number of hydrogen-bond donors (Lipinski definition) is 1. The molecule has 1 amide bonds. The smallest absolute Gasteiger partial charge is 0.244 e. The summed E-state index contributed by atoms with van der Waals surface area (Å²) >= 11 is 0. The fourth-order valence-electron chi connectivity index (χ4n) is 1.99. The lowest BCUT2D eigenvalue weighted by atomic mass is 10.2. The summed E-state index contributed by atoms with van der Waals surface area (Å²) in [5.74, 6) is 0.182. The first kappa shape index (κ1) is 16.5. The van der Waals surface area contributed by atoms with E-state index < -0.39 is 5.82 Å². The molecule has 0 aliphatic heterocycles. The number of carbonyl (C=O) groups excluding carboxylic acids is 1. The van der Waals surface area contributed by atoms with E-state index in [-0.39, 0.29) is 11.7 Å². The molecule has 0 saturated carbocycles. The van der Waals surface area contributed by atoms with Crippen molar-refractivity contribution in [2.75, 3.05) is 14.2 Å². The number of amides is 1. The van der Waals surface area contributed by atoms with E-state index in [0.717, 1.165) is 11.3 Å². The van der Waals surface area contributed by atoms with Gasteiger partial charge in [-0.2, -0.15) is 0 Å². The largest absolute Gasteiger partial charge is 0.497 e. The van der Waals surface area contributed by atoms with Crippen molar-refractivity contribution in [3.8, 4) is 11.5 Å². The van der Waals surface area contributed by atoms with Crippen LogP contribution in [-0.4, -0.2) is 20.1 Å². The minimum absolute atomic E-state index is 0.171. The fraction of sp³-hybridized carbons (Fsp3) is 0.167. The van der Waals surface area contributed by atoms with E-state index in [1.54, 1.807) is 19.3 Å². The maximum atomic E-state index is 13.5. The van der Waals surface area contributed by atoms with Crippen LogP contribution in [0.15, 0.2) is 48.5 Å². The van der Waals surface area contributed by atoms with E-state index in [0.29, 0.717) is 12.1 Å². The molecule has 4 nitrogen and oxygen atoms in total. The molecule has 0 unspecified atom stereocenters. The van der Waals surface area contributed by atoms with E-state index in [1.807, 2.05) is 24.3 Å². The molecule has 2 aromatic rings. The predicted molar refractivity (Wildman–Crippen MR) is 86.8 cm³/mol. The molecule has 5 heteroatoms. The minimum atomic E-state index is -0.466. The van der Waals surface area contributed by atoms with E-state index in [9.17, 15) is 9.18 Å². The second-order valence-corrected chi connectivity index (χ2v) is 4.80. The molecule has 2 aromatic carbocycles. The average molecular weight is 315 g/mol. The first-order valence-electron chi connectivity index (χ1n) is 7.05. The maximum Gasteiger partial charge on any atom is 0.244 e. The van der Waals surface area contributed by atoms with Crippen molar-refractivity contribution in [2.45, 2.75) is 6.54 Å². The van der Waals surface area contributed by atoms with E-state index in [2.05, 4.69) is 5.32 Å². The zero-order valence-corrected chi connectivity index (χ0v) is 13.0. The van der Waals surface area contributed by atoms with Gasteiger partial charge in [-0.3, -0.25) is 4.79 Å². The Bertz CT molecular complexity index is 713. The molecule has 2 rings (SSSR count). The lowest BCUT2D eigenvalue weighted by Gasteiger charge is -2.05. The number of hydrogen-bond acceptors (Lipinski definition) is 3. The molecule has 0 radical (unpaired) electrons. The van der Waals surface area contributed by atoms with Gasteiger partial charge in [0.2, 0.25) is 5.91 Å². The van der Waals surface area contributed by atoms with Gasteiger partial charge >= 0.3 is 0 Å². The molecule has 0 spiro atoms. The monoisotopic (exact) mass is 315 g/mol. The quantitative estimate of drug-likeness (QED) is 0.833. The van der Waals surface area contributed by atoms with Gasteiger partial charge in [0, 0.05) is 12.6 Å². The molecule has 0 atom stereocenters. The number of halogens is 1. The van der Waals surface area contributed by atoms with Crippen LogP contribution < -0.4 is 14.8 Å². The van der Waals surface area contributed by atoms with Gasteiger partial charge in [0.05, 0.1) is 14.2 Å². The van der Waals surface area contributed by atoms with Gasteiger partial charge in [-0.1, -0.05) is 18.2 Å². The molecule has 23 heavy (non-hydrogen) atoms. The van der Waals surface area contributed by atoms with Crippen molar-refractivity contribution in [1.82, 2.24) is 5.32 Å². The normalized spacial score (nSPS) is 10.6. The van der Waals surface area contributed by atoms with Crippen LogP contribution in [0.4, 0.5) is 4.39 Å². The van der Waals surface area contributed by atoms with Crippen LogP contribution in [0.3, 0.4) is 0 Å². The lowest BCUT2D eigenvalue weighted by Crippen LogP contribution is -2.20. The number of ether oxygens (including phenoxy) is 2. The highest BCUT2D eigenvalue weighted by atomic mass is 19.1. The van der Waals surface area contributed by atoms with Crippen LogP contribution in [0.1, 0.15) is 11.1 Å². The van der Waals surface area contributed by atoms with Gasteiger partial charge in [0.1, 0.15) is 5.75 Å². The van der Waals surface area contributed by atoms with Gasteiger partial charge < -0.3 is 14.8 Å². The Labute approximate surface area is 134 Å². The molecule has 0 aromatic heterocycles. The average Bonchev–Trinajstić information content (AvgIpc) is 2.58. The molecule has 0 aliphatic carbocycles. The zero-order valence-electron chi connectivity index (χ0n) is 13.0. The van der Waals surface area contributed by atoms with Gasteiger partial charge in [-0.05, 0) is 41.5 Å². The zero-order chi connectivity index (χ0) is 16.7. The summed E-state index contributed by atoms with van der Waals surface area (Å²) in [6.07, 6.45) is 2.91. The standard InChI is InChI=1S/C18H18FNO3/c1-22-15-5-3-4-14(10-15)12-20-18(21)9-7-13-6-8-17(23-2)16(19)11-13/h3-11H,12H2,1-2H3,(H,20,21)/b9-7+. The summed E-state index contributed by atoms with van der Waals surface area (Å²) in [4.78, 5) is 11.8. The predicted octanol–water partition coefficient (Wildman–Crippen LogP) is 3.17. The van der Waals surface area contributed by atoms with Crippen molar-refractivity contribution in [3.05, 3.63) is 65.5 Å². The van der Waals surface area contributed by atoms with Crippen LogP contribution in [0.5, 0.6) is 11.5 Å². The molecule has 0 saturated heterocycles. The van der Waals surface area contributed by atoms with Gasteiger partial charge in [0.25, 0.3) is 0 Å². The molecule has 0 fully saturated rings. The summed E-state index contributed by atoms with van der Waals surface area (Å²) in [6, 6.07) is 11.9. The van der Waals surface area contributed by atoms with Gasteiger partial charge in [0.15, 0.2) is 11.6 Å². The van der Waals surface area contributed by atoms with Crippen molar-refractivity contribution in [2.24, 2.45) is 0 Å². The highest BCUT2D eigenvalue weighted by Crippen LogP contribution is 2.18. The van der Waals surface area contributed by atoms with E-state index >= 15 is 0 Å². The summed E-state index contributed by atoms with van der Waals surface area (Å²) in [5.41, 5.74) is 1.52. The Balaban J connectivity index is 1.92. The van der Waals surface area contributed by atoms with E-state index in [1.165, 1.54) is 25.3 Å². The van der Waals surface area contributed by atoms with Crippen molar-refractivity contribution in [1.29, 1.82) is 0 Å². The van der Waals surface area contributed by atoms with Gasteiger partial charge in [-0.15, -0.1) is 0 Å². The highest BCUT2D eigenvalue weighted by Gasteiger charge is 2.02. The third-order valence-corrected chi connectivity index (χ3v) is 3.20. The molecule has 120 valence electrons. The molecule has 0 bridgehead atoms. The van der Waals surface area contributed by atoms with Crippen LogP contribution in [0, 0.1) is 5.82 Å². The Morgan fingerprint density at radius 3 is 2.70 bits per heavy atom. The first-order valence-corrected chi connectivity index (χ1v) is 7.05. The summed E-state index contributed by atoms with van der Waals surface area (Å²) < 4.78 is 23.5. The summed E-state index contributed by atoms with van der Waals surface area (Å²) in [7, 11) is 2.99. The second-order valence-electron chi connectivity index (χ2n) is 4.80. The topological polar surface area (TPSA) is 47.6 Å². The van der Waals surface area contributed by atoms with Crippen molar-refractivity contribution in [3.63, 3.8) is 0 Å². The number of nitrogens with one attached hydrogen (secondary N) is 1. The lowest BCUT2D eigenvalue weighted by molar-refractivity contribution is -0.116. The van der Waals surface area contributed by atoms with Crippen LogP contribution in [0.25, 0.3) is 6.08 Å². The number of methoxy groups -OCH3 is 2. The molecular formula is C18H18FNO3. The number of benzene rings is 2. The van der Waals surface area contributed by atoms with Crippen LogP contribution in [-0.2, 0) is 11.3 Å². The molecule has 0 heterocycles. The fourth-order valence-corrected chi connectivity index (χ4v) is 1.99. The summed E-state index contributed by atoms with van der Waals surface area (Å²) in [6.45, 7) is 0.386. The molecule has 0 aliphatic rings. The van der Waals surface area contributed by atoms with Crippen LogP contribution in [0.2, 0.25) is 0 Å². The Morgan fingerprint density at radius 1 is 1.17 bits per heavy atom. The van der Waals surface area contributed by atoms with E-state index in [4.69, 9.17) is 9.47 Å². The third-order valence-electron chi connectivity index (χ3n) is 3.20. The van der Waals surface area contributed by atoms with Crippen molar-refractivity contribution < 1.29 is 18.7 Å². The highest BCUT2D eigenvalue weighted by molar-refractivity contribution is 5.91.